The first kappa shape index (κ1) is 16.4. The van der Waals surface area contributed by atoms with E-state index in [1.807, 2.05) is 13.8 Å². The fraction of sp³-hybridized carbons (Fsp3) is 0.917. The Balaban J connectivity index is 2.59. The Hall–Kier alpha value is -0.660. The Morgan fingerprint density at radius 1 is 1.42 bits per heavy atom. The summed E-state index contributed by atoms with van der Waals surface area (Å²) in [5.41, 5.74) is 0. The zero-order chi connectivity index (χ0) is 14.6. The molecule has 1 N–H and O–H groups in total. The summed E-state index contributed by atoms with van der Waals surface area (Å²) in [4.78, 5) is 13.0. The number of hydrogen-bond acceptors (Lipinski definition) is 4. The zero-order valence-electron chi connectivity index (χ0n) is 11.9. The number of aliphatic carboxylic acids is 1. The standard InChI is InChI=1S/C12H24N2O4S/c1-4-14(10(2)9-12(15)16)11-5-7-13(8-6-11)19(3,17)18/h10-11H,4-9H2,1-3H3,(H,15,16). The molecule has 19 heavy (non-hydrogen) atoms. The van der Waals surface area contributed by atoms with Crippen molar-refractivity contribution in [3.63, 3.8) is 0 Å². The average molecular weight is 292 g/mol. The molecule has 112 valence electrons. The highest BCUT2D eigenvalue weighted by Gasteiger charge is 2.30. The van der Waals surface area contributed by atoms with E-state index in [9.17, 15) is 13.2 Å². The van der Waals surface area contributed by atoms with Crippen LogP contribution >= 0.6 is 0 Å². The van der Waals surface area contributed by atoms with Gasteiger partial charge in [-0.25, -0.2) is 12.7 Å². The lowest BCUT2D eigenvalue weighted by Crippen LogP contribution is -2.49. The quantitative estimate of drug-likeness (QED) is 0.775. The molecule has 6 nitrogen and oxygen atoms in total. The van der Waals surface area contributed by atoms with Gasteiger partial charge in [-0.2, -0.15) is 0 Å². The molecule has 0 bridgehead atoms. The lowest BCUT2D eigenvalue weighted by molar-refractivity contribution is -0.138. The fourth-order valence-corrected chi connectivity index (χ4v) is 3.68. The zero-order valence-corrected chi connectivity index (χ0v) is 12.7. The second-order valence-electron chi connectivity index (χ2n) is 5.17. The van der Waals surface area contributed by atoms with E-state index in [0.29, 0.717) is 13.1 Å². The third-order valence-electron chi connectivity index (χ3n) is 3.76. The lowest BCUT2D eigenvalue weighted by atomic mass is 10.0. The van der Waals surface area contributed by atoms with Crippen LogP contribution in [-0.2, 0) is 14.8 Å². The minimum absolute atomic E-state index is 0.0164. The maximum absolute atomic E-state index is 11.4. The van der Waals surface area contributed by atoms with E-state index in [0.717, 1.165) is 19.4 Å². The van der Waals surface area contributed by atoms with Crippen LogP contribution in [0.1, 0.15) is 33.1 Å². The molecule has 0 radical (unpaired) electrons. The molecule has 0 saturated carbocycles. The molecule has 1 heterocycles. The number of carbonyl (C=O) groups is 1. The third-order valence-corrected chi connectivity index (χ3v) is 5.07. The number of carboxylic acids is 1. The maximum atomic E-state index is 11.4. The van der Waals surface area contributed by atoms with Gasteiger partial charge in [0.2, 0.25) is 10.0 Å². The summed E-state index contributed by atoms with van der Waals surface area (Å²) in [6.45, 7) is 5.78. The van der Waals surface area contributed by atoms with E-state index < -0.39 is 16.0 Å². The summed E-state index contributed by atoms with van der Waals surface area (Å²) >= 11 is 0. The number of hydrogen-bond donors (Lipinski definition) is 1. The summed E-state index contributed by atoms with van der Waals surface area (Å²) in [5, 5.41) is 8.86. The normalized spacial score (nSPS) is 20.6. The van der Waals surface area contributed by atoms with Crippen LogP contribution in [0, 0.1) is 0 Å². The van der Waals surface area contributed by atoms with Gasteiger partial charge >= 0.3 is 5.97 Å². The van der Waals surface area contributed by atoms with Crippen molar-refractivity contribution in [3.05, 3.63) is 0 Å². The van der Waals surface area contributed by atoms with E-state index in [1.54, 1.807) is 0 Å². The molecule has 0 aliphatic carbocycles. The topological polar surface area (TPSA) is 77.9 Å². The molecule has 1 saturated heterocycles. The number of piperidine rings is 1. The summed E-state index contributed by atoms with van der Waals surface area (Å²) in [5.74, 6) is -0.792. The smallest absolute Gasteiger partial charge is 0.304 e. The Morgan fingerprint density at radius 2 is 1.95 bits per heavy atom. The van der Waals surface area contributed by atoms with Gasteiger partial charge in [0, 0.05) is 25.2 Å². The van der Waals surface area contributed by atoms with Crippen LogP contribution in [0.3, 0.4) is 0 Å². The molecule has 1 fully saturated rings. The van der Waals surface area contributed by atoms with Crippen LogP contribution in [0.25, 0.3) is 0 Å². The molecule has 1 aliphatic heterocycles. The van der Waals surface area contributed by atoms with Gasteiger partial charge in [-0.1, -0.05) is 6.92 Å². The minimum Gasteiger partial charge on any atom is -0.481 e. The average Bonchev–Trinajstić information content (AvgIpc) is 2.28. The summed E-state index contributed by atoms with van der Waals surface area (Å²) in [6.07, 6.45) is 2.90. The number of sulfonamides is 1. The Morgan fingerprint density at radius 3 is 2.32 bits per heavy atom. The van der Waals surface area contributed by atoms with Crippen molar-refractivity contribution in [1.82, 2.24) is 9.21 Å². The molecule has 0 spiro atoms. The first-order valence-corrected chi connectivity index (χ1v) is 8.53. The van der Waals surface area contributed by atoms with E-state index >= 15 is 0 Å². The van der Waals surface area contributed by atoms with Gasteiger partial charge in [-0.05, 0) is 26.3 Å². The number of rotatable bonds is 6. The molecule has 0 aromatic carbocycles. The van der Waals surface area contributed by atoms with Crippen molar-refractivity contribution in [3.8, 4) is 0 Å². The lowest BCUT2D eigenvalue weighted by Gasteiger charge is -2.40. The van der Waals surface area contributed by atoms with Crippen molar-refractivity contribution in [2.45, 2.75) is 45.2 Å². The number of carboxylic acid groups (broad SMARTS) is 1. The van der Waals surface area contributed by atoms with E-state index in [2.05, 4.69) is 4.90 Å². The first-order valence-electron chi connectivity index (χ1n) is 6.68. The highest BCUT2D eigenvalue weighted by molar-refractivity contribution is 7.88. The molecule has 7 heteroatoms. The van der Waals surface area contributed by atoms with Crippen molar-refractivity contribution < 1.29 is 18.3 Å². The summed E-state index contributed by atoms with van der Waals surface area (Å²) in [6, 6.07) is 0.259. The monoisotopic (exact) mass is 292 g/mol. The predicted molar refractivity (Wildman–Crippen MR) is 73.5 cm³/mol. The molecule has 0 amide bonds. The Bertz CT molecular complexity index is 402. The van der Waals surface area contributed by atoms with Crippen LogP contribution < -0.4 is 0 Å². The van der Waals surface area contributed by atoms with Crippen LogP contribution in [0.4, 0.5) is 0 Å². The van der Waals surface area contributed by atoms with Crippen LogP contribution in [0.5, 0.6) is 0 Å². The molecule has 1 atom stereocenters. The van der Waals surface area contributed by atoms with Gasteiger partial charge in [-0.3, -0.25) is 9.69 Å². The van der Waals surface area contributed by atoms with E-state index in [-0.39, 0.29) is 18.5 Å². The Labute approximate surface area is 115 Å². The minimum atomic E-state index is -3.10. The maximum Gasteiger partial charge on any atom is 0.304 e. The Kier molecular flexibility index (Phi) is 5.76. The van der Waals surface area contributed by atoms with Gasteiger partial charge in [-0.15, -0.1) is 0 Å². The molecular formula is C12H24N2O4S. The predicted octanol–water partition coefficient (Wildman–Crippen LogP) is 0.596. The van der Waals surface area contributed by atoms with Crippen LogP contribution in [-0.4, -0.2) is 66.7 Å². The van der Waals surface area contributed by atoms with Crippen molar-refractivity contribution >= 4 is 16.0 Å². The molecule has 0 aromatic rings. The third kappa shape index (κ3) is 4.74. The van der Waals surface area contributed by atoms with Gasteiger partial charge < -0.3 is 5.11 Å². The molecule has 0 aromatic heterocycles. The van der Waals surface area contributed by atoms with Crippen LogP contribution in [0.2, 0.25) is 0 Å². The van der Waals surface area contributed by atoms with Gasteiger partial charge in [0.15, 0.2) is 0 Å². The van der Waals surface area contributed by atoms with E-state index in [4.69, 9.17) is 5.11 Å². The fourth-order valence-electron chi connectivity index (χ4n) is 2.81. The summed E-state index contributed by atoms with van der Waals surface area (Å²) < 4.78 is 24.4. The second-order valence-corrected chi connectivity index (χ2v) is 7.15. The summed E-state index contributed by atoms with van der Waals surface area (Å²) in [7, 11) is -3.10. The van der Waals surface area contributed by atoms with E-state index in [1.165, 1.54) is 10.6 Å². The first-order chi connectivity index (χ1) is 8.75. The molecule has 1 rings (SSSR count). The van der Waals surface area contributed by atoms with Gasteiger partial charge in [0.25, 0.3) is 0 Å². The highest BCUT2D eigenvalue weighted by Crippen LogP contribution is 2.21. The highest BCUT2D eigenvalue weighted by atomic mass is 32.2. The van der Waals surface area contributed by atoms with Gasteiger partial charge in [0.05, 0.1) is 12.7 Å². The second kappa shape index (κ2) is 6.67. The van der Waals surface area contributed by atoms with Gasteiger partial charge in [0.1, 0.15) is 0 Å². The van der Waals surface area contributed by atoms with Crippen molar-refractivity contribution in [2.24, 2.45) is 0 Å². The SMILES string of the molecule is CCN(C(C)CC(=O)O)C1CCN(S(C)(=O)=O)CC1. The molecular weight excluding hydrogens is 268 g/mol. The van der Waals surface area contributed by atoms with Crippen molar-refractivity contribution in [1.29, 1.82) is 0 Å². The van der Waals surface area contributed by atoms with Crippen LogP contribution in [0.15, 0.2) is 0 Å². The molecule has 1 unspecified atom stereocenters. The number of nitrogens with zero attached hydrogens (tertiary/aromatic N) is 2. The largest absolute Gasteiger partial charge is 0.481 e. The van der Waals surface area contributed by atoms with Crippen molar-refractivity contribution in [2.75, 3.05) is 25.9 Å². The molecule has 1 aliphatic rings.